The molecular weight excluding hydrogens is 527 g/mol. The van der Waals surface area contributed by atoms with E-state index in [0.29, 0.717) is 17.5 Å². The highest BCUT2D eigenvalue weighted by Crippen LogP contribution is 2.41. The van der Waals surface area contributed by atoms with Gasteiger partial charge in [-0.1, -0.05) is 103 Å². The van der Waals surface area contributed by atoms with E-state index in [-0.39, 0.29) is 0 Å². The molecule has 0 spiro atoms. The predicted octanol–water partition coefficient (Wildman–Crippen LogP) is 10.1. The maximum atomic E-state index is 5.15. The third-order valence-electron chi connectivity index (χ3n) is 7.18. The summed E-state index contributed by atoms with van der Waals surface area (Å²) in [6.07, 6.45) is 0. The quantitative estimate of drug-likeness (QED) is 0.220. The lowest BCUT2D eigenvalue weighted by atomic mass is 9.99. The Labute approximate surface area is 239 Å². The molecule has 0 saturated carbocycles. The van der Waals surface area contributed by atoms with Gasteiger partial charge >= 0.3 is 0 Å². The number of fused-ring (bicyclic) bond motifs is 4. The number of benzene rings is 5. The smallest absolute Gasteiger partial charge is 0.174 e. The monoisotopic (exact) mass is 547 g/mol. The summed E-state index contributed by atoms with van der Waals surface area (Å²) in [5.74, 6) is 2.06. The van der Waals surface area contributed by atoms with Gasteiger partial charge in [-0.25, -0.2) is 15.0 Å². The van der Waals surface area contributed by atoms with Crippen molar-refractivity contribution in [3.8, 4) is 44.6 Å². The first kappa shape index (κ1) is 23.2. The molecule has 0 fully saturated rings. The van der Waals surface area contributed by atoms with E-state index in [0.717, 1.165) is 27.1 Å². The van der Waals surface area contributed by atoms with E-state index >= 15 is 0 Å². The van der Waals surface area contributed by atoms with Gasteiger partial charge in [-0.2, -0.15) is 0 Å². The normalized spacial score (nSPS) is 11.5. The van der Waals surface area contributed by atoms with Crippen molar-refractivity contribution in [1.82, 2.24) is 15.0 Å². The molecule has 0 saturated heterocycles. The molecule has 0 amide bonds. The first-order valence-electron chi connectivity index (χ1n) is 13.1. The maximum Gasteiger partial charge on any atom is 0.174 e. The molecular formula is C35H21N3S2. The van der Waals surface area contributed by atoms with E-state index in [1.165, 1.54) is 30.3 Å². The molecule has 0 aliphatic heterocycles. The second-order valence-electron chi connectivity index (χ2n) is 9.65. The van der Waals surface area contributed by atoms with Gasteiger partial charge in [0.15, 0.2) is 17.5 Å². The Hall–Kier alpha value is -4.71. The highest BCUT2D eigenvalue weighted by Gasteiger charge is 2.19. The van der Waals surface area contributed by atoms with Crippen molar-refractivity contribution in [2.45, 2.75) is 0 Å². The largest absolute Gasteiger partial charge is 0.208 e. The number of rotatable bonds is 4. The molecule has 3 nitrogen and oxygen atoms in total. The lowest BCUT2D eigenvalue weighted by Crippen LogP contribution is -2.00. The van der Waals surface area contributed by atoms with E-state index in [1.807, 2.05) is 6.07 Å². The van der Waals surface area contributed by atoms with Crippen molar-refractivity contribution in [3.63, 3.8) is 0 Å². The lowest BCUT2D eigenvalue weighted by Gasteiger charge is -2.11. The van der Waals surface area contributed by atoms with Crippen molar-refractivity contribution in [2.75, 3.05) is 0 Å². The molecule has 8 aromatic rings. The summed E-state index contributed by atoms with van der Waals surface area (Å²) in [5, 5.41) is 3.69. The Kier molecular flexibility index (Phi) is 5.50. The first-order valence-corrected chi connectivity index (χ1v) is 14.8. The molecule has 0 aliphatic rings. The number of hydrogen-bond acceptors (Lipinski definition) is 5. The number of hydrogen-bond donors (Lipinski definition) is 0. The Balaban J connectivity index is 1.40. The summed E-state index contributed by atoms with van der Waals surface area (Å²) in [6.45, 7) is 0. The van der Waals surface area contributed by atoms with E-state index in [1.54, 1.807) is 22.7 Å². The van der Waals surface area contributed by atoms with Crippen molar-refractivity contribution in [2.24, 2.45) is 0 Å². The summed E-state index contributed by atoms with van der Waals surface area (Å²) in [4.78, 5) is 16.4. The van der Waals surface area contributed by atoms with Gasteiger partial charge in [0.05, 0.1) is 4.88 Å². The van der Waals surface area contributed by atoms with Crippen LogP contribution in [-0.4, -0.2) is 15.0 Å². The van der Waals surface area contributed by atoms with Crippen LogP contribution in [0, 0.1) is 0 Å². The molecule has 0 radical (unpaired) electrons. The van der Waals surface area contributed by atoms with Crippen LogP contribution in [0.2, 0.25) is 0 Å². The minimum absolute atomic E-state index is 0.676. The highest BCUT2D eigenvalue weighted by molar-refractivity contribution is 7.26. The Bertz CT molecular complexity index is 2140. The zero-order chi connectivity index (χ0) is 26.5. The molecule has 40 heavy (non-hydrogen) atoms. The molecule has 8 rings (SSSR count). The molecule has 5 heteroatoms. The van der Waals surface area contributed by atoms with E-state index in [4.69, 9.17) is 15.0 Å². The van der Waals surface area contributed by atoms with Crippen LogP contribution in [0.4, 0.5) is 0 Å². The molecule has 188 valence electrons. The first-order chi connectivity index (χ1) is 19.8. The fraction of sp³-hybridized carbons (Fsp3) is 0. The average molecular weight is 548 g/mol. The standard InChI is InChI=1S/C35H21N3S2/c1-2-11-22(12-3-1)24-14-5-6-16-27(24)33-36-34(38-35(37-33)31-21-23-13-4-8-19-29(23)39-31)28-18-10-17-26-25-15-7-9-20-30(25)40-32(26)28/h1-21H. The van der Waals surface area contributed by atoms with Crippen molar-refractivity contribution < 1.29 is 0 Å². The SMILES string of the molecule is c1ccc(-c2ccccc2-c2nc(-c3cc4ccccc4s3)nc(-c3cccc4c3sc3ccccc34)n2)cc1. The van der Waals surface area contributed by atoms with Gasteiger partial charge in [-0.3, -0.25) is 0 Å². The molecule has 3 heterocycles. The van der Waals surface area contributed by atoms with Gasteiger partial charge in [-0.05, 0) is 40.8 Å². The van der Waals surface area contributed by atoms with E-state index in [2.05, 4.69) is 121 Å². The zero-order valence-corrected chi connectivity index (χ0v) is 22.9. The summed E-state index contributed by atoms with van der Waals surface area (Å²) in [6, 6.07) is 44.4. The zero-order valence-electron chi connectivity index (χ0n) is 21.3. The molecule has 0 atom stereocenters. The summed E-state index contributed by atoms with van der Waals surface area (Å²) in [5.41, 5.74) is 4.25. The van der Waals surface area contributed by atoms with Crippen LogP contribution in [0.5, 0.6) is 0 Å². The fourth-order valence-corrected chi connectivity index (χ4v) is 7.50. The number of aromatic nitrogens is 3. The van der Waals surface area contributed by atoms with Gasteiger partial charge in [0.2, 0.25) is 0 Å². The summed E-state index contributed by atoms with van der Waals surface area (Å²) < 4.78 is 3.68. The second kappa shape index (κ2) is 9.49. The van der Waals surface area contributed by atoms with Crippen LogP contribution in [0.1, 0.15) is 0 Å². The van der Waals surface area contributed by atoms with Crippen LogP contribution in [0.25, 0.3) is 74.9 Å². The van der Waals surface area contributed by atoms with Crippen LogP contribution >= 0.6 is 22.7 Å². The minimum Gasteiger partial charge on any atom is -0.208 e. The summed E-state index contributed by atoms with van der Waals surface area (Å²) in [7, 11) is 0. The summed E-state index contributed by atoms with van der Waals surface area (Å²) >= 11 is 3.51. The predicted molar refractivity (Wildman–Crippen MR) is 170 cm³/mol. The molecule has 0 N–H and O–H groups in total. The van der Waals surface area contributed by atoms with Gasteiger partial charge < -0.3 is 0 Å². The van der Waals surface area contributed by atoms with Crippen molar-refractivity contribution in [3.05, 3.63) is 127 Å². The topological polar surface area (TPSA) is 38.7 Å². The molecule has 0 bridgehead atoms. The van der Waals surface area contributed by atoms with Gasteiger partial charge in [0.25, 0.3) is 0 Å². The van der Waals surface area contributed by atoms with Crippen molar-refractivity contribution in [1.29, 1.82) is 0 Å². The third-order valence-corrected chi connectivity index (χ3v) is 9.51. The minimum atomic E-state index is 0.676. The van der Waals surface area contributed by atoms with E-state index < -0.39 is 0 Å². The molecule has 5 aromatic carbocycles. The second-order valence-corrected chi connectivity index (χ2v) is 11.8. The molecule has 0 aliphatic carbocycles. The number of thiophene rings is 2. The Morgan fingerprint density at radius 3 is 1.90 bits per heavy atom. The lowest BCUT2D eigenvalue weighted by molar-refractivity contribution is 1.08. The van der Waals surface area contributed by atoms with Gasteiger partial charge in [-0.15, -0.1) is 22.7 Å². The molecule has 3 aromatic heterocycles. The van der Waals surface area contributed by atoms with Crippen LogP contribution in [-0.2, 0) is 0 Å². The average Bonchev–Trinajstić information content (AvgIpc) is 3.63. The van der Waals surface area contributed by atoms with E-state index in [9.17, 15) is 0 Å². The third kappa shape index (κ3) is 3.90. The van der Waals surface area contributed by atoms with Gasteiger partial charge in [0.1, 0.15) is 0 Å². The van der Waals surface area contributed by atoms with Crippen LogP contribution in [0.3, 0.4) is 0 Å². The Morgan fingerprint density at radius 1 is 0.425 bits per heavy atom. The van der Waals surface area contributed by atoms with Crippen LogP contribution in [0.15, 0.2) is 127 Å². The Morgan fingerprint density at radius 2 is 1.05 bits per heavy atom. The van der Waals surface area contributed by atoms with Crippen molar-refractivity contribution >= 4 is 52.9 Å². The van der Waals surface area contributed by atoms with Gasteiger partial charge in [0, 0.05) is 36.0 Å². The molecule has 0 unspecified atom stereocenters. The number of nitrogens with zero attached hydrogens (tertiary/aromatic N) is 3. The highest BCUT2D eigenvalue weighted by atomic mass is 32.1. The fourth-order valence-electron chi connectivity index (χ4n) is 5.29. The maximum absolute atomic E-state index is 5.15. The van der Waals surface area contributed by atoms with Crippen LogP contribution < -0.4 is 0 Å².